The summed E-state index contributed by atoms with van der Waals surface area (Å²) in [5.74, 6) is 1.88. The molecule has 4 saturated carbocycles. The van der Waals surface area contributed by atoms with Crippen LogP contribution in [0.1, 0.15) is 61.4 Å². The van der Waals surface area contributed by atoms with E-state index in [4.69, 9.17) is 4.74 Å². The summed E-state index contributed by atoms with van der Waals surface area (Å²) in [6.07, 6.45) is 6.11. The third-order valence-electron chi connectivity index (χ3n) is 6.46. The van der Waals surface area contributed by atoms with Crippen molar-refractivity contribution in [2.45, 2.75) is 58.5 Å². The highest BCUT2D eigenvalue weighted by molar-refractivity contribution is 6.00. The minimum absolute atomic E-state index is 0.104. The number of hydrogen-bond donors (Lipinski definition) is 0. The number of aryl methyl sites for hydroxylation is 1. The third kappa shape index (κ3) is 2.68. The van der Waals surface area contributed by atoms with E-state index in [1.54, 1.807) is 6.92 Å². The van der Waals surface area contributed by atoms with Crippen LogP contribution in [0.3, 0.4) is 0 Å². The van der Waals surface area contributed by atoms with Gasteiger partial charge in [0.05, 0.1) is 5.41 Å². The molecule has 3 heteroatoms. The Hall–Kier alpha value is -1.64. The molecule has 0 spiro atoms. The molecule has 0 heterocycles. The summed E-state index contributed by atoms with van der Waals surface area (Å²) in [6, 6.07) is 7.46. The Balaban J connectivity index is 1.46. The Kier molecular flexibility index (Phi) is 3.78. The second-order valence-electron chi connectivity index (χ2n) is 8.48. The summed E-state index contributed by atoms with van der Waals surface area (Å²) in [4.78, 5) is 25.5. The average Bonchev–Trinajstić information content (AvgIpc) is 2.53. The van der Waals surface area contributed by atoms with E-state index < -0.39 is 6.10 Å². The lowest BCUT2D eigenvalue weighted by Gasteiger charge is -2.55. The van der Waals surface area contributed by atoms with E-state index in [0.717, 1.165) is 24.8 Å². The second kappa shape index (κ2) is 5.72. The molecule has 0 N–H and O–H groups in total. The van der Waals surface area contributed by atoms with Crippen LogP contribution in [0.15, 0.2) is 24.3 Å². The number of ether oxygens (including phenoxy) is 1. The second-order valence-corrected chi connectivity index (χ2v) is 8.48. The van der Waals surface area contributed by atoms with Crippen molar-refractivity contribution in [1.82, 2.24) is 0 Å². The number of benzene rings is 1. The summed E-state index contributed by atoms with van der Waals surface area (Å²) in [5.41, 5.74) is 1.44. The van der Waals surface area contributed by atoms with Crippen LogP contribution in [0.25, 0.3) is 0 Å². The van der Waals surface area contributed by atoms with Crippen molar-refractivity contribution in [3.63, 3.8) is 0 Å². The van der Waals surface area contributed by atoms with Gasteiger partial charge in [-0.25, -0.2) is 0 Å². The molecule has 24 heavy (non-hydrogen) atoms. The topological polar surface area (TPSA) is 43.4 Å². The van der Waals surface area contributed by atoms with E-state index >= 15 is 0 Å². The zero-order valence-corrected chi connectivity index (χ0v) is 14.6. The maximum atomic E-state index is 12.9. The highest BCUT2D eigenvalue weighted by Crippen LogP contribution is 2.60. The van der Waals surface area contributed by atoms with Crippen LogP contribution in [0.4, 0.5) is 0 Å². The van der Waals surface area contributed by atoms with Crippen molar-refractivity contribution in [1.29, 1.82) is 0 Å². The van der Waals surface area contributed by atoms with Gasteiger partial charge in [-0.1, -0.05) is 29.8 Å². The molecular formula is C21H26O3. The predicted molar refractivity (Wildman–Crippen MR) is 91.7 cm³/mol. The molecule has 0 amide bonds. The monoisotopic (exact) mass is 326 g/mol. The number of carbonyl (C=O) groups excluding carboxylic acids is 2. The van der Waals surface area contributed by atoms with Gasteiger partial charge in [0.15, 0.2) is 6.10 Å². The molecule has 128 valence electrons. The summed E-state index contributed by atoms with van der Waals surface area (Å²) in [5, 5.41) is 0. The maximum Gasteiger partial charge on any atom is 0.312 e. The van der Waals surface area contributed by atoms with Crippen molar-refractivity contribution < 1.29 is 14.3 Å². The lowest BCUT2D eigenvalue weighted by Crippen LogP contribution is -2.51. The van der Waals surface area contributed by atoms with Gasteiger partial charge in [-0.05, 0) is 70.1 Å². The van der Waals surface area contributed by atoms with E-state index in [2.05, 4.69) is 0 Å². The van der Waals surface area contributed by atoms with Crippen LogP contribution in [0.2, 0.25) is 0 Å². The van der Waals surface area contributed by atoms with E-state index in [9.17, 15) is 9.59 Å². The van der Waals surface area contributed by atoms with Crippen LogP contribution in [-0.4, -0.2) is 17.9 Å². The molecule has 0 radical (unpaired) electrons. The van der Waals surface area contributed by atoms with Crippen molar-refractivity contribution >= 4 is 11.8 Å². The summed E-state index contributed by atoms with van der Waals surface area (Å²) in [7, 11) is 0. The molecule has 4 aliphatic rings. The quantitative estimate of drug-likeness (QED) is 0.611. The van der Waals surface area contributed by atoms with Gasteiger partial charge in [0.2, 0.25) is 5.78 Å². The highest BCUT2D eigenvalue weighted by atomic mass is 16.5. The Morgan fingerprint density at radius 3 is 2.00 bits per heavy atom. The highest BCUT2D eigenvalue weighted by Gasteiger charge is 2.55. The molecule has 0 saturated heterocycles. The normalized spacial score (nSPS) is 34.8. The van der Waals surface area contributed by atoms with Gasteiger partial charge in [0, 0.05) is 5.56 Å². The van der Waals surface area contributed by atoms with E-state index in [-0.39, 0.29) is 17.2 Å². The number of hydrogen-bond acceptors (Lipinski definition) is 3. The molecule has 0 aliphatic heterocycles. The first-order valence-electron chi connectivity index (χ1n) is 9.27. The number of rotatable bonds is 4. The molecule has 1 atom stereocenters. The van der Waals surface area contributed by atoms with Crippen molar-refractivity contribution in [3.05, 3.63) is 35.4 Å². The fraction of sp³-hybridized carbons (Fsp3) is 0.619. The van der Waals surface area contributed by atoms with Crippen molar-refractivity contribution in [2.75, 3.05) is 0 Å². The molecule has 3 nitrogen and oxygen atoms in total. The molecule has 0 unspecified atom stereocenters. The Labute approximate surface area is 143 Å². The summed E-state index contributed by atoms with van der Waals surface area (Å²) >= 11 is 0. The molecule has 5 rings (SSSR count). The first-order valence-corrected chi connectivity index (χ1v) is 9.27. The van der Waals surface area contributed by atoms with Gasteiger partial charge in [0.1, 0.15) is 0 Å². The lowest BCUT2D eigenvalue weighted by atomic mass is 9.49. The number of esters is 1. The third-order valence-corrected chi connectivity index (χ3v) is 6.46. The fourth-order valence-electron chi connectivity index (χ4n) is 5.65. The number of Topliss-reactive ketones (excluding diaryl/α,β-unsaturated/α-hetero) is 1. The van der Waals surface area contributed by atoms with Crippen LogP contribution >= 0.6 is 0 Å². The van der Waals surface area contributed by atoms with Gasteiger partial charge >= 0.3 is 5.97 Å². The molecule has 4 aliphatic carbocycles. The zero-order valence-electron chi connectivity index (χ0n) is 14.6. The van der Waals surface area contributed by atoms with Crippen LogP contribution in [0.5, 0.6) is 0 Å². The largest absolute Gasteiger partial charge is 0.454 e. The predicted octanol–water partition coefficient (Wildman–Crippen LogP) is 4.33. The van der Waals surface area contributed by atoms with Gasteiger partial charge in [0.25, 0.3) is 0 Å². The minimum atomic E-state index is -0.701. The standard InChI is InChI=1S/C21H26O3/c1-13-3-5-18(6-4-13)19(22)14(2)24-20(23)21-10-15-7-16(11-21)9-17(8-15)12-21/h3-6,14-17H,7-12H2,1-2H3/t14-,15?,16?,17?,21?/m1/s1. The minimum Gasteiger partial charge on any atom is -0.454 e. The SMILES string of the molecule is Cc1ccc(C(=O)[C@@H](C)OC(=O)C23CC4CC(CC(C4)C2)C3)cc1. The smallest absolute Gasteiger partial charge is 0.312 e. The Morgan fingerprint density at radius 1 is 1.00 bits per heavy atom. The average molecular weight is 326 g/mol. The lowest BCUT2D eigenvalue weighted by molar-refractivity contribution is -0.174. The van der Waals surface area contributed by atoms with E-state index in [1.807, 2.05) is 31.2 Å². The summed E-state index contributed by atoms with van der Waals surface area (Å²) < 4.78 is 5.69. The van der Waals surface area contributed by atoms with Gasteiger partial charge in [-0.15, -0.1) is 0 Å². The Morgan fingerprint density at radius 2 is 1.50 bits per heavy atom. The first kappa shape index (κ1) is 15.9. The maximum absolute atomic E-state index is 12.9. The van der Waals surface area contributed by atoms with Crippen molar-refractivity contribution in [2.24, 2.45) is 23.2 Å². The molecular weight excluding hydrogens is 300 g/mol. The van der Waals surface area contributed by atoms with Gasteiger partial charge in [-0.3, -0.25) is 9.59 Å². The molecule has 1 aromatic carbocycles. The number of ketones is 1. The molecule has 4 bridgehead atoms. The van der Waals surface area contributed by atoms with Crippen LogP contribution < -0.4 is 0 Å². The van der Waals surface area contributed by atoms with E-state index in [0.29, 0.717) is 23.3 Å². The summed E-state index contributed by atoms with van der Waals surface area (Å²) in [6.45, 7) is 3.70. The number of carbonyl (C=O) groups is 2. The zero-order chi connectivity index (χ0) is 16.9. The van der Waals surface area contributed by atoms with Gasteiger partial charge in [-0.2, -0.15) is 0 Å². The molecule has 0 aromatic heterocycles. The van der Waals surface area contributed by atoms with Crippen molar-refractivity contribution in [3.8, 4) is 0 Å². The van der Waals surface area contributed by atoms with Gasteiger partial charge < -0.3 is 4.74 Å². The molecule has 4 fully saturated rings. The van der Waals surface area contributed by atoms with Crippen LogP contribution in [0, 0.1) is 30.1 Å². The fourth-order valence-corrected chi connectivity index (χ4v) is 5.65. The van der Waals surface area contributed by atoms with E-state index in [1.165, 1.54) is 19.3 Å². The Bertz CT molecular complexity index is 623. The van der Waals surface area contributed by atoms with Crippen LogP contribution in [-0.2, 0) is 9.53 Å². The molecule has 1 aromatic rings. The first-order chi connectivity index (χ1) is 11.4.